The van der Waals surface area contributed by atoms with Gasteiger partial charge in [0.2, 0.25) is 5.91 Å². The number of anilines is 1. The molecule has 0 saturated heterocycles. The maximum atomic E-state index is 11.5. The lowest BCUT2D eigenvalue weighted by Gasteiger charge is -2.18. The second-order valence-corrected chi connectivity index (χ2v) is 11.5. The van der Waals surface area contributed by atoms with Crippen molar-refractivity contribution in [2.75, 3.05) is 18.5 Å². The molecule has 1 fully saturated rings. The Hall–Kier alpha value is -3.80. The predicted molar refractivity (Wildman–Crippen MR) is 159 cm³/mol. The number of amides is 1. The molecule has 0 bridgehead atoms. The molecular formula is C34H40N2O4. The Kier molecular flexibility index (Phi) is 7.88. The van der Waals surface area contributed by atoms with Crippen molar-refractivity contribution in [3.63, 3.8) is 0 Å². The van der Waals surface area contributed by atoms with Crippen LogP contribution < -0.4 is 15.4 Å². The first-order chi connectivity index (χ1) is 19.2. The molecule has 3 aromatic rings. The standard InChI is InChI=1S/C34H40N2O4/c1-5-31(37)35-13-14-40-27-15-21(2)33(22(3)16-27)28-8-6-7-24(23(28)4)20-36-26-9-10-29-25(17-26)19-34(11-12-34)30(29)18-32(38)39/h6-10,15-17,30,36H,5,11-14,18-20H2,1-4H3,(H,35,37)(H,38,39). The van der Waals surface area contributed by atoms with E-state index in [1.165, 1.54) is 33.4 Å². The minimum Gasteiger partial charge on any atom is -0.492 e. The monoisotopic (exact) mass is 540 g/mol. The van der Waals surface area contributed by atoms with Crippen LogP contribution in [0.1, 0.15) is 71.9 Å². The van der Waals surface area contributed by atoms with Crippen molar-refractivity contribution in [3.8, 4) is 16.9 Å². The molecule has 1 spiro atoms. The van der Waals surface area contributed by atoms with Crippen molar-refractivity contribution in [3.05, 3.63) is 81.9 Å². The molecule has 0 aromatic heterocycles. The van der Waals surface area contributed by atoms with Gasteiger partial charge in [-0.05, 0) is 114 Å². The molecule has 1 saturated carbocycles. The van der Waals surface area contributed by atoms with Crippen LogP contribution in [0.3, 0.4) is 0 Å². The number of carbonyl (C=O) groups is 2. The van der Waals surface area contributed by atoms with Crippen molar-refractivity contribution in [2.45, 2.75) is 72.3 Å². The zero-order valence-electron chi connectivity index (χ0n) is 24.0. The van der Waals surface area contributed by atoms with Gasteiger partial charge in [0.25, 0.3) is 0 Å². The molecule has 1 unspecified atom stereocenters. The van der Waals surface area contributed by atoms with Gasteiger partial charge in [0.15, 0.2) is 0 Å². The summed E-state index contributed by atoms with van der Waals surface area (Å²) in [6.45, 7) is 9.90. The second-order valence-electron chi connectivity index (χ2n) is 11.5. The van der Waals surface area contributed by atoms with Crippen molar-refractivity contribution >= 4 is 17.6 Å². The van der Waals surface area contributed by atoms with E-state index in [0.29, 0.717) is 26.1 Å². The van der Waals surface area contributed by atoms with Crippen LogP contribution in [0.2, 0.25) is 0 Å². The summed E-state index contributed by atoms with van der Waals surface area (Å²) in [5, 5.41) is 15.9. The number of benzene rings is 3. The number of hydrogen-bond donors (Lipinski definition) is 3. The molecule has 6 nitrogen and oxygen atoms in total. The normalized spacial score (nSPS) is 16.4. The largest absolute Gasteiger partial charge is 0.492 e. The number of carboxylic acid groups (broad SMARTS) is 1. The number of carboxylic acids is 1. The number of aryl methyl sites for hydroxylation is 2. The minimum atomic E-state index is -0.702. The average Bonchev–Trinajstić information content (AvgIpc) is 3.63. The van der Waals surface area contributed by atoms with Crippen LogP contribution in [0.25, 0.3) is 11.1 Å². The molecule has 0 heterocycles. The summed E-state index contributed by atoms with van der Waals surface area (Å²) >= 11 is 0. The summed E-state index contributed by atoms with van der Waals surface area (Å²) in [6.07, 6.45) is 3.98. The van der Waals surface area contributed by atoms with Crippen molar-refractivity contribution in [2.24, 2.45) is 5.41 Å². The van der Waals surface area contributed by atoms with Crippen LogP contribution in [0.15, 0.2) is 48.5 Å². The van der Waals surface area contributed by atoms with Gasteiger partial charge in [0.05, 0.1) is 13.0 Å². The highest BCUT2D eigenvalue weighted by Crippen LogP contribution is 2.64. The second kappa shape index (κ2) is 11.4. The fourth-order valence-corrected chi connectivity index (χ4v) is 6.49. The van der Waals surface area contributed by atoms with Crippen LogP contribution in [0, 0.1) is 26.2 Å². The van der Waals surface area contributed by atoms with Gasteiger partial charge >= 0.3 is 5.97 Å². The molecule has 5 rings (SSSR count). The molecule has 3 aromatic carbocycles. The fourth-order valence-electron chi connectivity index (χ4n) is 6.49. The lowest BCUT2D eigenvalue weighted by atomic mass is 9.87. The molecule has 6 heteroatoms. The van der Waals surface area contributed by atoms with Crippen molar-refractivity contribution < 1.29 is 19.4 Å². The highest BCUT2D eigenvalue weighted by molar-refractivity contribution is 5.76. The lowest BCUT2D eigenvalue weighted by Crippen LogP contribution is -2.27. The van der Waals surface area contributed by atoms with E-state index in [2.05, 4.69) is 79.9 Å². The number of fused-ring (bicyclic) bond motifs is 1. The van der Waals surface area contributed by atoms with Gasteiger partial charge in [-0.1, -0.05) is 31.2 Å². The first-order valence-electron chi connectivity index (χ1n) is 14.4. The molecule has 0 radical (unpaired) electrons. The quantitative estimate of drug-likeness (QED) is 0.236. The Bertz CT molecular complexity index is 1420. The third kappa shape index (κ3) is 5.72. The highest BCUT2D eigenvalue weighted by Gasteiger charge is 2.54. The molecule has 1 amide bonds. The predicted octanol–water partition coefficient (Wildman–Crippen LogP) is 6.69. The van der Waals surface area contributed by atoms with Gasteiger partial charge in [-0.15, -0.1) is 0 Å². The topological polar surface area (TPSA) is 87.7 Å². The van der Waals surface area contributed by atoms with E-state index in [-0.39, 0.29) is 23.7 Å². The zero-order chi connectivity index (χ0) is 28.4. The molecule has 3 N–H and O–H groups in total. The first-order valence-corrected chi connectivity index (χ1v) is 14.4. The molecular weight excluding hydrogens is 500 g/mol. The lowest BCUT2D eigenvalue weighted by molar-refractivity contribution is -0.137. The highest BCUT2D eigenvalue weighted by atomic mass is 16.5. The Morgan fingerprint density at radius 1 is 1.05 bits per heavy atom. The molecule has 40 heavy (non-hydrogen) atoms. The van der Waals surface area contributed by atoms with Crippen LogP contribution in [0.5, 0.6) is 5.75 Å². The molecule has 210 valence electrons. The molecule has 2 aliphatic rings. The maximum absolute atomic E-state index is 11.5. The number of aliphatic carboxylic acids is 1. The van der Waals surface area contributed by atoms with Gasteiger partial charge in [0, 0.05) is 24.6 Å². The minimum absolute atomic E-state index is 0.0309. The van der Waals surface area contributed by atoms with Gasteiger partial charge in [-0.3, -0.25) is 9.59 Å². The molecule has 1 atom stereocenters. The van der Waals surface area contributed by atoms with E-state index in [1.54, 1.807) is 0 Å². The summed E-state index contributed by atoms with van der Waals surface area (Å²) in [5.74, 6) is 0.295. The van der Waals surface area contributed by atoms with Gasteiger partial charge in [0.1, 0.15) is 12.4 Å². The molecule has 0 aliphatic heterocycles. The SMILES string of the molecule is CCC(=O)NCCOc1cc(C)c(-c2cccc(CNc3ccc4c(c3)CC3(CC3)C4CC(=O)O)c2C)c(C)c1. The summed E-state index contributed by atoms with van der Waals surface area (Å²) in [4.78, 5) is 22.9. The van der Waals surface area contributed by atoms with Crippen molar-refractivity contribution in [1.29, 1.82) is 0 Å². The van der Waals surface area contributed by atoms with Crippen LogP contribution in [-0.4, -0.2) is 30.1 Å². The van der Waals surface area contributed by atoms with E-state index >= 15 is 0 Å². The third-order valence-corrected chi connectivity index (χ3v) is 8.79. The van der Waals surface area contributed by atoms with Crippen LogP contribution in [0.4, 0.5) is 5.69 Å². The Morgan fingerprint density at radius 2 is 1.80 bits per heavy atom. The summed E-state index contributed by atoms with van der Waals surface area (Å²) < 4.78 is 5.92. The summed E-state index contributed by atoms with van der Waals surface area (Å²) in [5.41, 5.74) is 11.1. The van der Waals surface area contributed by atoms with Gasteiger partial charge in [-0.25, -0.2) is 0 Å². The van der Waals surface area contributed by atoms with Gasteiger partial charge in [-0.2, -0.15) is 0 Å². The zero-order valence-corrected chi connectivity index (χ0v) is 24.0. The maximum Gasteiger partial charge on any atom is 0.303 e. The number of carbonyl (C=O) groups excluding carboxylic acids is 1. The van der Waals surface area contributed by atoms with E-state index in [4.69, 9.17) is 4.74 Å². The Balaban J connectivity index is 1.28. The Labute approximate surface area is 237 Å². The van der Waals surface area contributed by atoms with E-state index < -0.39 is 5.97 Å². The average molecular weight is 541 g/mol. The number of ether oxygens (including phenoxy) is 1. The van der Waals surface area contributed by atoms with Crippen LogP contribution >= 0.6 is 0 Å². The number of rotatable bonds is 11. The van der Waals surface area contributed by atoms with E-state index in [0.717, 1.165) is 41.8 Å². The molecule has 2 aliphatic carbocycles. The summed E-state index contributed by atoms with van der Waals surface area (Å²) in [6, 6.07) is 17.1. The first kappa shape index (κ1) is 27.8. The third-order valence-electron chi connectivity index (χ3n) is 8.79. The van der Waals surface area contributed by atoms with E-state index in [1.807, 2.05) is 6.92 Å². The number of nitrogens with one attached hydrogen (secondary N) is 2. The fraction of sp³-hybridized carbons (Fsp3) is 0.412. The number of hydrogen-bond acceptors (Lipinski definition) is 4. The van der Waals surface area contributed by atoms with Crippen molar-refractivity contribution in [1.82, 2.24) is 5.32 Å². The van der Waals surface area contributed by atoms with Crippen LogP contribution in [-0.2, 0) is 22.6 Å². The summed E-state index contributed by atoms with van der Waals surface area (Å²) in [7, 11) is 0. The van der Waals surface area contributed by atoms with E-state index in [9.17, 15) is 14.7 Å². The smallest absolute Gasteiger partial charge is 0.303 e. The van der Waals surface area contributed by atoms with Gasteiger partial charge < -0.3 is 20.5 Å². The Morgan fingerprint density at radius 3 is 2.48 bits per heavy atom.